The minimum Gasteiger partial charge on any atom is -0.497 e. The molecule has 1 heterocycles. The fraction of sp³-hybridized carbons (Fsp3) is 0.269. The van der Waals surface area contributed by atoms with Crippen molar-refractivity contribution in [1.29, 1.82) is 0 Å². The van der Waals surface area contributed by atoms with E-state index in [1.165, 1.54) is 0 Å². The van der Waals surface area contributed by atoms with E-state index in [1.54, 1.807) is 12.0 Å². The standard InChI is InChI=1S/C26H26Cl2N2O3/c1-17(19-6-5-7-21(14-19)32-2)29-26(31)30-15-22(16-30)33-25(18-10-12-20(27)13-11-18)23-8-3-4-9-24(23)28/h3-14,17,22,25H,15-16H2,1-2H3,(H,29,31)/t17-,25?/m0/s1. The summed E-state index contributed by atoms with van der Waals surface area (Å²) in [6.07, 6.45) is -0.443. The van der Waals surface area contributed by atoms with Gasteiger partial charge in [0.15, 0.2) is 0 Å². The van der Waals surface area contributed by atoms with Gasteiger partial charge in [0.1, 0.15) is 11.9 Å². The summed E-state index contributed by atoms with van der Waals surface area (Å²) >= 11 is 12.5. The number of carbonyl (C=O) groups excluding carboxylic acids is 1. The average molecular weight is 485 g/mol. The van der Waals surface area contributed by atoms with Gasteiger partial charge in [-0.25, -0.2) is 4.79 Å². The molecule has 1 aliphatic heterocycles. The van der Waals surface area contributed by atoms with Gasteiger partial charge in [0, 0.05) is 15.6 Å². The second kappa shape index (κ2) is 10.5. The van der Waals surface area contributed by atoms with Crippen LogP contribution in [0.25, 0.3) is 0 Å². The van der Waals surface area contributed by atoms with Crippen LogP contribution in [0.3, 0.4) is 0 Å². The zero-order chi connectivity index (χ0) is 23.4. The molecule has 0 bridgehead atoms. The van der Waals surface area contributed by atoms with Crippen LogP contribution < -0.4 is 10.1 Å². The molecule has 1 N–H and O–H groups in total. The highest BCUT2D eigenvalue weighted by molar-refractivity contribution is 6.31. The van der Waals surface area contributed by atoms with Crippen molar-refractivity contribution in [2.45, 2.75) is 25.2 Å². The molecule has 0 saturated carbocycles. The number of urea groups is 1. The van der Waals surface area contributed by atoms with Crippen molar-refractivity contribution in [2.24, 2.45) is 0 Å². The number of likely N-dealkylation sites (tertiary alicyclic amines) is 1. The minimum atomic E-state index is -0.345. The van der Waals surface area contributed by atoms with Crippen LogP contribution in [0.15, 0.2) is 72.8 Å². The van der Waals surface area contributed by atoms with E-state index in [1.807, 2.05) is 79.7 Å². The van der Waals surface area contributed by atoms with Gasteiger partial charge >= 0.3 is 6.03 Å². The molecule has 2 atom stereocenters. The summed E-state index contributed by atoms with van der Waals surface area (Å²) in [5, 5.41) is 4.34. The molecule has 4 rings (SSSR count). The lowest BCUT2D eigenvalue weighted by Gasteiger charge is -2.41. The van der Waals surface area contributed by atoms with Crippen LogP contribution in [-0.4, -0.2) is 37.2 Å². The molecule has 1 unspecified atom stereocenters. The Morgan fingerprint density at radius 2 is 1.73 bits per heavy atom. The minimum absolute atomic E-state index is 0.0974. The maximum Gasteiger partial charge on any atom is 0.318 e. The van der Waals surface area contributed by atoms with E-state index in [9.17, 15) is 4.79 Å². The highest BCUT2D eigenvalue weighted by atomic mass is 35.5. The Hall–Kier alpha value is -2.73. The summed E-state index contributed by atoms with van der Waals surface area (Å²) in [6.45, 7) is 2.96. The maximum absolute atomic E-state index is 12.7. The Bertz CT molecular complexity index is 1100. The Labute approximate surface area is 204 Å². The molecule has 1 fully saturated rings. The number of benzene rings is 3. The van der Waals surface area contributed by atoms with E-state index in [4.69, 9.17) is 32.7 Å². The number of nitrogens with zero attached hydrogens (tertiary/aromatic N) is 1. The Morgan fingerprint density at radius 1 is 1.00 bits per heavy atom. The summed E-state index contributed by atoms with van der Waals surface area (Å²) in [5.74, 6) is 0.763. The van der Waals surface area contributed by atoms with E-state index in [2.05, 4.69) is 5.32 Å². The first-order valence-electron chi connectivity index (χ1n) is 10.8. The van der Waals surface area contributed by atoms with Gasteiger partial charge in [0.2, 0.25) is 0 Å². The van der Waals surface area contributed by atoms with Crippen molar-refractivity contribution in [3.63, 3.8) is 0 Å². The summed E-state index contributed by atoms with van der Waals surface area (Å²) in [6, 6.07) is 22.6. The summed E-state index contributed by atoms with van der Waals surface area (Å²) < 4.78 is 11.7. The third-order valence-corrected chi connectivity index (χ3v) is 6.35. The normalized spacial score (nSPS) is 15.5. The summed E-state index contributed by atoms with van der Waals surface area (Å²) in [5.41, 5.74) is 2.83. The van der Waals surface area contributed by atoms with Crippen molar-refractivity contribution in [1.82, 2.24) is 10.2 Å². The molecule has 2 amide bonds. The first kappa shape index (κ1) is 23.4. The molecule has 0 aliphatic carbocycles. The highest BCUT2D eigenvalue weighted by Crippen LogP contribution is 2.34. The fourth-order valence-corrected chi connectivity index (χ4v) is 4.17. The lowest BCUT2D eigenvalue weighted by Crippen LogP contribution is -2.58. The monoisotopic (exact) mass is 484 g/mol. The van der Waals surface area contributed by atoms with E-state index in [0.717, 1.165) is 22.4 Å². The predicted molar refractivity (Wildman–Crippen MR) is 131 cm³/mol. The number of halogens is 2. The van der Waals surface area contributed by atoms with Crippen molar-refractivity contribution < 1.29 is 14.3 Å². The molecule has 0 aromatic heterocycles. The van der Waals surface area contributed by atoms with Crippen LogP contribution in [0.4, 0.5) is 4.79 Å². The third kappa shape index (κ3) is 5.61. The second-order valence-corrected chi connectivity index (χ2v) is 8.91. The van der Waals surface area contributed by atoms with Gasteiger partial charge in [-0.2, -0.15) is 0 Å². The van der Waals surface area contributed by atoms with Crippen LogP contribution in [0.1, 0.15) is 35.8 Å². The smallest absolute Gasteiger partial charge is 0.318 e. The van der Waals surface area contributed by atoms with Crippen molar-refractivity contribution in [2.75, 3.05) is 20.2 Å². The number of carbonyl (C=O) groups is 1. The number of methoxy groups -OCH3 is 1. The first-order valence-corrected chi connectivity index (χ1v) is 11.5. The van der Waals surface area contributed by atoms with Crippen molar-refractivity contribution >= 4 is 29.2 Å². The number of hydrogen-bond acceptors (Lipinski definition) is 3. The van der Waals surface area contributed by atoms with Gasteiger partial charge in [0.05, 0.1) is 32.3 Å². The third-order valence-electron chi connectivity index (χ3n) is 5.76. The van der Waals surface area contributed by atoms with Gasteiger partial charge < -0.3 is 19.7 Å². The zero-order valence-corrected chi connectivity index (χ0v) is 20.0. The molecule has 3 aromatic rings. The zero-order valence-electron chi connectivity index (χ0n) is 18.5. The summed E-state index contributed by atoms with van der Waals surface area (Å²) in [7, 11) is 1.63. The lowest BCUT2D eigenvalue weighted by molar-refractivity contribution is -0.0647. The Kier molecular flexibility index (Phi) is 7.43. The molecular weight excluding hydrogens is 459 g/mol. The van der Waals surface area contributed by atoms with Crippen molar-refractivity contribution in [3.8, 4) is 5.75 Å². The van der Waals surface area contributed by atoms with Crippen LogP contribution in [0.5, 0.6) is 5.75 Å². The number of ether oxygens (including phenoxy) is 2. The van der Waals surface area contributed by atoms with E-state index in [-0.39, 0.29) is 24.3 Å². The molecule has 33 heavy (non-hydrogen) atoms. The van der Waals surface area contributed by atoms with Gasteiger partial charge in [-0.05, 0) is 48.4 Å². The van der Waals surface area contributed by atoms with Crippen LogP contribution in [0, 0.1) is 0 Å². The van der Waals surface area contributed by atoms with Gasteiger partial charge in [-0.1, -0.05) is 65.7 Å². The molecule has 1 aliphatic rings. The van der Waals surface area contributed by atoms with Crippen LogP contribution in [-0.2, 0) is 4.74 Å². The van der Waals surface area contributed by atoms with Crippen molar-refractivity contribution in [3.05, 3.63) is 99.5 Å². The quantitative estimate of drug-likeness (QED) is 0.430. The maximum atomic E-state index is 12.7. The molecule has 3 aromatic carbocycles. The number of hydrogen-bond donors (Lipinski definition) is 1. The SMILES string of the molecule is COc1cccc([C@H](C)NC(=O)N2CC(OC(c3ccc(Cl)cc3)c3ccccc3Cl)C2)c1. The second-order valence-electron chi connectivity index (χ2n) is 8.06. The van der Waals surface area contributed by atoms with Gasteiger partial charge in [-0.3, -0.25) is 0 Å². The first-order chi connectivity index (χ1) is 15.9. The number of rotatable bonds is 7. The number of amides is 2. The van der Waals surface area contributed by atoms with Crippen LogP contribution in [0.2, 0.25) is 10.0 Å². The van der Waals surface area contributed by atoms with E-state index < -0.39 is 0 Å². The Morgan fingerprint density at radius 3 is 2.42 bits per heavy atom. The fourth-order valence-electron chi connectivity index (χ4n) is 3.81. The molecule has 1 saturated heterocycles. The van der Waals surface area contributed by atoms with Gasteiger partial charge in [-0.15, -0.1) is 0 Å². The molecule has 7 heteroatoms. The molecule has 0 spiro atoms. The molecule has 0 radical (unpaired) electrons. The lowest BCUT2D eigenvalue weighted by atomic mass is 10.0. The molecular formula is C26H26Cl2N2O3. The molecule has 5 nitrogen and oxygen atoms in total. The molecule has 172 valence electrons. The average Bonchev–Trinajstić information content (AvgIpc) is 2.80. The van der Waals surface area contributed by atoms with Crippen LogP contribution >= 0.6 is 23.2 Å². The highest BCUT2D eigenvalue weighted by Gasteiger charge is 2.35. The topological polar surface area (TPSA) is 50.8 Å². The van der Waals surface area contributed by atoms with Gasteiger partial charge in [0.25, 0.3) is 0 Å². The largest absolute Gasteiger partial charge is 0.497 e. The summed E-state index contributed by atoms with van der Waals surface area (Å²) in [4.78, 5) is 14.5. The van der Waals surface area contributed by atoms with E-state index in [0.29, 0.717) is 23.1 Å². The predicted octanol–water partition coefficient (Wildman–Crippen LogP) is 6.26. The Balaban J connectivity index is 1.39. The van der Waals surface area contributed by atoms with E-state index >= 15 is 0 Å². The number of nitrogens with one attached hydrogen (secondary N) is 1.